The van der Waals surface area contributed by atoms with Gasteiger partial charge in [0, 0.05) is 6.42 Å². The molecule has 0 saturated carbocycles. The summed E-state index contributed by atoms with van der Waals surface area (Å²) < 4.78 is 5.52. The van der Waals surface area contributed by atoms with Gasteiger partial charge >= 0.3 is 5.97 Å². The zero-order valence-electron chi connectivity index (χ0n) is 11.9. The molecule has 2 heteroatoms. The van der Waals surface area contributed by atoms with Gasteiger partial charge in [-0.05, 0) is 32.1 Å². The molecule has 0 aliphatic rings. The predicted octanol–water partition coefficient (Wildman–Crippen LogP) is 4.32. The van der Waals surface area contributed by atoms with Crippen LogP contribution in [0.15, 0.2) is 0 Å². The first-order valence-corrected chi connectivity index (χ1v) is 6.38. The second kappa shape index (κ2) is 6.27. The number of hydrogen-bond donors (Lipinski definition) is 0. The van der Waals surface area contributed by atoms with E-state index in [1.54, 1.807) is 0 Å². The van der Waals surface area contributed by atoms with Crippen LogP contribution in [-0.4, -0.2) is 11.6 Å². The Kier molecular flexibility index (Phi) is 6.06. The van der Waals surface area contributed by atoms with Crippen LogP contribution < -0.4 is 0 Å². The SMILES string of the molecule is CCCCCC(=O)OC(C)(C)CC(C)(C)C. The van der Waals surface area contributed by atoms with Crippen molar-refractivity contribution in [3.63, 3.8) is 0 Å². The average Bonchev–Trinajstić information content (AvgIpc) is 1.98. The highest BCUT2D eigenvalue weighted by atomic mass is 16.6. The summed E-state index contributed by atoms with van der Waals surface area (Å²) >= 11 is 0. The molecule has 0 aromatic rings. The van der Waals surface area contributed by atoms with Crippen molar-refractivity contribution in [2.45, 2.75) is 79.2 Å². The fourth-order valence-corrected chi connectivity index (χ4v) is 2.19. The Hall–Kier alpha value is -0.530. The van der Waals surface area contributed by atoms with Gasteiger partial charge in [-0.1, -0.05) is 40.5 Å². The number of esters is 1. The molecule has 0 atom stereocenters. The van der Waals surface area contributed by atoms with Crippen LogP contribution in [0.4, 0.5) is 0 Å². The third-order valence-electron chi connectivity index (χ3n) is 2.33. The summed E-state index contributed by atoms with van der Waals surface area (Å²) in [4.78, 5) is 11.6. The Morgan fingerprint density at radius 2 is 1.62 bits per heavy atom. The Morgan fingerprint density at radius 3 is 2.06 bits per heavy atom. The third-order valence-corrected chi connectivity index (χ3v) is 2.33. The van der Waals surface area contributed by atoms with Crippen LogP contribution in [0.2, 0.25) is 0 Å². The molecule has 0 rings (SSSR count). The summed E-state index contributed by atoms with van der Waals surface area (Å²) in [6, 6.07) is 0. The quantitative estimate of drug-likeness (QED) is 0.500. The maximum atomic E-state index is 11.6. The van der Waals surface area contributed by atoms with E-state index in [1.807, 2.05) is 13.8 Å². The van der Waals surface area contributed by atoms with E-state index < -0.39 is 0 Å². The molecule has 0 unspecified atom stereocenters. The predicted molar refractivity (Wildman–Crippen MR) is 68.4 cm³/mol. The molecular weight excluding hydrogens is 200 g/mol. The Bertz CT molecular complexity index is 211. The smallest absolute Gasteiger partial charge is 0.306 e. The van der Waals surface area contributed by atoms with Gasteiger partial charge in [0.05, 0.1) is 0 Å². The van der Waals surface area contributed by atoms with E-state index in [9.17, 15) is 4.79 Å². The summed E-state index contributed by atoms with van der Waals surface area (Å²) in [6.45, 7) is 12.6. The van der Waals surface area contributed by atoms with Crippen LogP contribution in [0.3, 0.4) is 0 Å². The van der Waals surface area contributed by atoms with Gasteiger partial charge in [0.2, 0.25) is 0 Å². The van der Waals surface area contributed by atoms with E-state index in [1.165, 1.54) is 0 Å². The highest BCUT2D eigenvalue weighted by molar-refractivity contribution is 5.69. The van der Waals surface area contributed by atoms with Crippen molar-refractivity contribution < 1.29 is 9.53 Å². The van der Waals surface area contributed by atoms with Gasteiger partial charge in [-0.15, -0.1) is 0 Å². The van der Waals surface area contributed by atoms with Gasteiger partial charge in [0.25, 0.3) is 0 Å². The van der Waals surface area contributed by atoms with Crippen LogP contribution in [-0.2, 0) is 9.53 Å². The van der Waals surface area contributed by atoms with Crippen LogP contribution in [0, 0.1) is 5.41 Å². The van der Waals surface area contributed by atoms with Crippen LogP contribution in [0.25, 0.3) is 0 Å². The lowest BCUT2D eigenvalue weighted by Gasteiger charge is -2.32. The molecule has 16 heavy (non-hydrogen) atoms. The molecule has 0 radical (unpaired) electrons. The van der Waals surface area contributed by atoms with Crippen molar-refractivity contribution in [2.75, 3.05) is 0 Å². The van der Waals surface area contributed by atoms with E-state index in [4.69, 9.17) is 4.74 Å². The second-order valence-corrected chi connectivity index (χ2v) is 6.43. The molecule has 0 saturated heterocycles. The number of ether oxygens (including phenoxy) is 1. The summed E-state index contributed by atoms with van der Waals surface area (Å²) in [6.07, 6.45) is 4.63. The topological polar surface area (TPSA) is 26.3 Å². The fraction of sp³-hybridized carbons (Fsp3) is 0.929. The van der Waals surface area contributed by atoms with E-state index in [2.05, 4.69) is 27.7 Å². The highest BCUT2D eigenvalue weighted by Crippen LogP contribution is 2.29. The first kappa shape index (κ1) is 15.5. The maximum Gasteiger partial charge on any atom is 0.306 e. The lowest BCUT2D eigenvalue weighted by molar-refractivity contribution is -0.159. The molecule has 0 aliphatic carbocycles. The van der Waals surface area contributed by atoms with Gasteiger partial charge in [-0.3, -0.25) is 4.79 Å². The lowest BCUT2D eigenvalue weighted by Crippen LogP contribution is -2.32. The highest BCUT2D eigenvalue weighted by Gasteiger charge is 2.28. The van der Waals surface area contributed by atoms with Crippen LogP contribution >= 0.6 is 0 Å². The molecule has 0 bridgehead atoms. The standard InChI is InChI=1S/C14H28O2/c1-7-8-9-10-12(15)16-14(5,6)11-13(2,3)4/h7-11H2,1-6H3. The fourth-order valence-electron chi connectivity index (χ4n) is 2.19. The van der Waals surface area contributed by atoms with Gasteiger partial charge in [0.15, 0.2) is 0 Å². The first-order chi connectivity index (χ1) is 7.16. The molecule has 0 amide bonds. The first-order valence-electron chi connectivity index (χ1n) is 6.38. The molecule has 0 N–H and O–H groups in total. The number of hydrogen-bond acceptors (Lipinski definition) is 2. The van der Waals surface area contributed by atoms with Crippen molar-refractivity contribution in [2.24, 2.45) is 5.41 Å². The summed E-state index contributed by atoms with van der Waals surface area (Å²) in [5, 5.41) is 0. The number of rotatable bonds is 6. The molecule has 2 nitrogen and oxygen atoms in total. The van der Waals surface area contributed by atoms with Gasteiger partial charge in [-0.2, -0.15) is 0 Å². The average molecular weight is 228 g/mol. The zero-order chi connectivity index (χ0) is 12.8. The summed E-state index contributed by atoms with van der Waals surface area (Å²) in [5.74, 6) is -0.0531. The van der Waals surface area contributed by atoms with E-state index in [0.717, 1.165) is 25.7 Å². The van der Waals surface area contributed by atoms with Crippen molar-refractivity contribution in [1.29, 1.82) is 0 Å². The number of carbonyl (C=O) groups excluding carboxylic acids is 1. The minimum atomic E-state index is -0.346. The largest absolute Gasteiger partial charge is 0.460 e. The summed E-state index contributed by atoms with van der Waals surface area (Å²) in [7, 11) is 0. The minimum Gasteiger partial charge on any atom is -0.460 e. The normalized spacial score (nSPS) is 12.6. The lowest BCUT2D eigenvalue weighted by atomic mass is 9.83. The number of carbonyl (C=O) groups is 1. The zero-order valence-corrected chi connectivity index (χ0v) is 11.9. The molecule has 0 spiro atoms. The van der Waals surface area contributed by atoms with E-state index in [0.29, 0.717) is 6.42 Å². The van der Waals surface area contributed by atoms with Crippen molar-refractivity contribution in [3.8, 4) is 0 Å². The van der Waals surface area contributed by atoms with Gasteiger partial charge in [0.1, 0.15) is 5.60 Å². The Labute approximate surface area is 101 Å². The summed E-state index contributed by atoms with van der Waals surface area (Å²) in [5.41, 5.74) is -0.158. The van der Waals surface area contributed by atoms with Gasteiger partial charge in [-0.25, -0.2) is 0 Å². The second-order valence-electron chi connectivity index (χ2n) is 6.43. The Balaban J connectivity index is 4.00. The van der Waals surface area contributed by atoms with Crippen molar-refractivity contribution in [3.05, 3.63) is 0 Å². The minimum absolute atomic E-state index is 0.0531. The van der Waals surface area contributed by atoms with Crippen LogP contribution in [0.5, 0.6) is 0 Å². The molecule has 0 aromatic carbocycles. The third kappa shape index (κ3) is 8.75. The number of unbranched alkanes of at least 4 members (excludes halogenated alkanes) is 2. The van der Waals surface area contributed by atoms with Crippen LogP contribution in [0.1, 0.15) is 73.6 Å². The van der Waals surface area contributed by atoms with E-state index in [-0.39, 0.29) is 17.0 Å². The van der Waals surface area contributed by atoms with Gasteiger partial charge < -0.3 is 4.74 Å². The monoisotopic (exact) mass is 228 g/mol. The molecule has 0 heterocycles. The molecule has 0 aromatic heterocycles. The maximum absolute atomic E-state index is 11.6. The molecular formula is C14H28O2. The Morgan fingerprint density at radius 1 is 1.06 bits per heavy atom. The van der Waals surface area contributed by atoms with Crippen molar-refractivity contribution in [1.82, 2.24) is 0 Å². The molecule has 0 fully saturated rings. The van der Waals surface area contributed by atoms with E-state index >= 15 is 0 Å². The molecule has 96 valence electrons. The molecule has 0 aliphatic heterocycles. The van der Waals surface area contributed by atoms with Crippen molar-refractivity contribution >= 4 is 5.97 Å².